The quantitative estimate of drug-likeness (QED) is 0.109. The van der Waals surface area contributed by atoms with Crippen LogP contribution in [0.3, 0.4) is 0 Å². The number of methoxy groups -OCH3 is 2. The minimum absolute atomic E-state index is 0.110. The summed E-state index contributed by atoms with van der Waals surface area (Å²) in [5.41, 5.74) is 13.9. The summed E-state index contributed by atoms with van der Waals surface area (Å²) in [7, 11) is 2.59. The number of carbonyl (C=O) groups is 5. The predicted octanol–water partition coefficient (Wildman–Crippen LogP) is 9.79. The minimum Gasteiger partial charge on any atom is -0.453 e. The summed E-state index contributed by atoms with van der Waals surface area (Å²) >= 11 is 0. The molecule has 4 N–H and O–H groups in total. The third kappa shape index (κ3) is 8.63. The summed E-state index contributed by atoms with van der Waals surface area (Å²) in [6, 6.07) is 15.2. The molecule has 2 saturated carbocycles. The van der Waals surface area contributed by atoms with E-state index in [9.17, 15) is 24.0 Å². The van der Waals surface area contributed by atoms with Crippen molar-refractivity contribution in [3.63, 3.8) is 0 Å². The van der Waals surface area contributed by atoms with E-state index < -0.39 is 30.3 Å². The second-order valence-corrected chi connectivity index (χ2v) is 21.7. The zero-order chi connectivity index (χ0) is 49.0. The lowest BCUT2D eigenvalue weighted by molar-refractivity contribution is -0.139. The number of alkyl carbamates (subject to hydrolysis) is 2. The van der Waals surface area contributed by atoms with Crippen molar-refractivity contribution in [3.8, 4) is 33.5 Å². The number of fused-ring (bicyclic) bond motifs is 6. The molecule has 14 heteroatoms. The van der Waals surface area contributed by atoms with Crippen molar-refractivity contribution in [1.29, 1.82) is 0 Å². The van der Waals surface area contributed by atoms with Gasteiger partial charge in [-0.3, -0.25) is 14.4 Å². The predicted molar refractivity (Wildman–Crippen MR) is 268 cm³/mol. The standard InChI is InChI=1S/C56H69N7O7/c1-31(2)48(60-54(67)69-5)52(65)62-24-10-14-44(62)50-57-30-43(59-50)40-21-20-39(46-34-16-17-35(26-34)47(40)46)38-19-18-37(41-28-56(29-42(38)41)22-7-8-23-56)33-12-9-13-36(27-33)58-51(64)45-15-11-25-63(45)53(66)49(32(3)4)61-55(68)70-6/h9,12-13,18-21,27,30-32,34-35,44-45,48-49H,7-8,10-11,14-17,22-26,28-29H2,1-6H3,(H,57,59)(H,58,64)(H,60,67)(H,61,68)/t34?,35?,44-,45+,48+,49?/m1/s1. The summed E-state index contributed by atoms with van der Waals surface area (Å²) < 4.78 is 9.65. The number of imidazole rings is 1. The topological polar surface area (TPSA) is 175 Å². The fraction of sp³-hybridized carbons (Fsp3) is 0.536. The second-order valence-electron chi connectivity index (χ2n) is 21.7. The van der Waals surface area contributed by atoms with Gasteiger partial charge >= 0.3 is 12.2 Å². The summed E-state index contributed by atoms with van der Waals surface area (Å²) in [5, 5.41) is 8.60. The molecule has 1 aromatic heterocycles. The number of nitrogens with one attached hydrogen (secondary N) is 4. The number of rotatable bonds is 12. The van der Waals surface area contributed by atoms with E-state index >= 15 is 0 Å². The third-order valence-electron chi connectivity index (χ3n) is 16.8. The molecule has 2 saturated heterocycles. The van der Waals surface area contributed by atoms with Gasteiger partial charge in [-0.25, -0.2) is 14.6 Å². The average molecular weight is 952 g/mol. The number of hydrogen-bond acceptors (Lipinski definition) is 8. The monoisotopic (exact) mass is 952 g/mol. The van der Waals surface area contributed by atoms with Crippen LogP contribution in [0.4, 0.5) is 15.3 Å². The molecule has 4 aromatic rings. The van der Waals surface area contributed by atoms with Gasteiger partial charge in [0.1, 0.15) is 23.9 Å². The molecular weight excluding hydrogens is 883 g/mol. The first-order valence-corrected chi connectivity index (χ1v) is 25.9. The van der Waals surface area contributed by atoms with E-state index in [0.29, 0.717) is 43.5 Å². The van der Waals surface area contributed by atoms with Crippen LogP contribution in [0.1, 0.15) is 144 Å². The van der Waals surface area contributed by atoms with Crippen molar-refractivity contribution in [3.05, 3.63) is 82.8 Å². The molecule has 4 aliphatic carbocycles. The number of aromatic nitrogens is 2. The molecule has 70 heavy (non-hydrogen) atoms. The number of H-pyrrole nitrogens is 1. The van der Waals surface area contributed by atoms with Crippen LogP contribution in [-0.4, -0.2) is 95.1 Å². The Kier molecular flexibility index (Phi) is 13.0. The smallest absolute Gasteiger partial charge is 0.407 e. The molecule has 3 heterocycles. The molecule has 3 unspecified atom stereocenters. The SMILES string of the molecule is COC(=O)NC(C(=O)N1CCC[C@H]1C(=O)Nc1cccc(-c2ccc(-c3ccc(-c4cnc([C@H]5CCCN5C(=O)[C@@H](NC(=O)OC)C(C)C)[nH]4)c4c3C3CCC4C3)c3c2CC2(CCCC2)C3)c1)C(C)C. The Balaban J connectivity index is 0.943. The number of likely N-dealkylation sites (tertiary alicyclic amines) is 2. The highest BCUT2D eigenvalue weighted by Gasteiger charge is 2.45. The van der Waals surface area contributed by atoms with Gasteiger partial charge < -0.3 is 40.2 Å². The van der Waals surface area contributed by atoms with E-state index in [4.69, 9.17) is 14.5 Å². The average Bonchev–Trinajstić information content (AvgIpc) is 4.22. The molecule has 2 aliphatic heterocycles. The third-order valence-corrected chi connectivity index (χ3v) is 16.8. The first kappa shape index (κ1) is 47.5. The zero-order valence-corrected chi connectivity index (χ0v) is 41.6. The first-order valence-electron chi connectivity index (χ1n) is 25.9. The van der Waals surface area contributed by atoms with Crippen LogP contribution in [0, 0.1) is 17.3 Å². The molecule has 4 fully saturated rings. The Morgan fingerprint density at radius 2 is 1.29 bits per heavy atom. The van der Waals surface area contributed by atoms with Crippen molar-refractivity contribution < 1.29 is 33.4 Å². The lowest BCUT2D eigenvalue weighted by Crippen LogP contribution is -2.54. The number of nitrogens with zero attached hydrogens (tertiary/aromatic N) is 3. The van der Waals surface area contributed by atoms with Crippen LogP contribution in [0.2, 0.25) is 0 Å². The molecular formula is C56H69N7O7. The van der Waals surface area contributed by atoms with Crippen molar-refractivity contribution in [2.45, 2.75) is 147 Å². The Bertz CT molecular complexity index is 2700. The van der Waals surface area contributed by atoms with E-state index in [2.05, 4.69) is 57.3 Å². The maximum absolute atomic E-state index is 14.0. The highest BCUT2D eigenvalue weighted by molar-refractivity contribution is 5.99. The van der Waals surface area contributed by atoms with Gasteiger partial charge in [-0.05, 0) is 156 Å². The molecule has 10 rings (SSSR count). The highest BCUT2D eigenvalue weighted by atomic mass is 16.5. The van der Waals surface area contributed by atoms with Crippen molar-refractivity contribution in [1.82, 2.24) is 30.4 Å². The van der Waals surface area contributed by atoms with Crippen LogP contribution in [0.25, 0.3) is 33.5 Å². The maximum atomic E-state index is 14.0. The van der Waals surface area contributed by atoms with Crippen molar-refractivity contribution in [2.75, 3.05) is 32.6 Å². The van der Waals surface area contributed by atoms with Crippen molar-refractivity contribution >= 4 is 35.6 Å². The molecule has 6 aliphatic rings. The summed E-state index contributed by atoms with van der Waals surface area (Å²) in [4.78, 5) is 78.1. The van der Waals surface area contributed by atoms with Crippen LogP contribution in [0.15, 0.2) is 54.7 Å². The van der Waals surface area contributed by atoms with Crippen molar-refractivity contribution in [2.24, 2.45) is 17.3 Å². The van der Waals surface area contributed by atoms with Gasteiger partial charge in [0, 0.05) is 24.3 Å². The van der Waals surface area contributed by atoms with Gasteiger partial charge in [0.2, 0.25) is 17.7 Å². The van der Waals surface area contributed by atoms with Gasteiger partial charge in [-0.15, -0.1) is 0 Å². The fourth-order valence-electron chi connectivity index (χ4n) is 13.4. The summed E-state index contributed by atoms with van der Waals surface area (Å²) in [6.45, 7) is 8.65. The minimum atomic E-state index is -0.798. The first-order chi connectivity index (χ1) is 33.8. The number of ether oxygens (including phenoxy) is 2. The Morgan fingerprint density at radius 3 is 1.96 bits per heavy atom. The van der Waals surface area contributed by atoms with Crippen LogP contribution in [-0.2, 0) is 36.7 Å². The molecule has 1 spiro atoms. The largest absolute Gasteiger partial charge is 0.453 e. The number of anilines is 1. The van der Waals surface area contributed by atoms with E-state index in [0.717, 1.165) is 49.2 Å². The fourth-order valence-corrected chi connectivity index (χ4v) is 13.4. The Labute approximate surface area is 411 Å². The molecule has 5 amide bonds. The Morgan fingerprint density at radius 1 is 0.700 bits per heavy atom. The number of benzene rings is 3. The summed E-state index contributed by atoms with van der Waals surface area (Å²) in [5.74, 6) is 0.843. The lowest BCUT2D eigenvalue weighted by atomic mass is 9.80. The van der Waals surface area contributed by atoms with Gasteiger partial charge in [-0.1, -0.05) is 76.9 Å². The Hall–Kier alpha value is -6.18. The van der Waals surface area contributed by atoms with Gasteiger partial charge in [0.05, 0.1) is 32.2 Å². The van der Waals surface area contributed by atoms with Crippen LogP contribution < -0.4 is 16.0 Å². The molecule has 6 atom stereocenters. The molecule has 0 radical (unpaired) electrons. The van der Waals surface area contributed by atoms with E-state index in [1.165, 1.54) is 97.3 Å². The number of amides is 5. The summed E-state index contributed by atoms with van der Waals surface area (Å²) in [6.07, 6.45) is 14.2. The zero-order valence-electron chi connectivity index (χ0n) is 41.6. The van der Waals surface area contributed by atoms with Crippen LogP contribution >= 0.6 is 0 Å². The molecule has 3 aromatic carbocycles. The van der Waals surface area contributed by atoms with Gasteiger partial charge in [0.25, 0.3) is 0 Å². The van der Waals surface area contributed by atoms with Crippen LogP contribution in [0.5, 0.6) is 0 Å². The normalized spacial score (nSPS) is 22.6. The second kappa shape index (κ2) is 19.2. The van der Waals surface area contributed by atoms with E-state index in [1.54, 1.807) is 4.90 Å². The van der Waals surface area contributed by atoms with Gasteiger partial charge in [0.15, 0.2) is 0 Å². The lowest BCUT2D eigenvalue weighted by Gasteiger charge is -2.30. The number of hydrogen-bond donors (Lipinski definition) is 4. The molecule has 370 valence electrons. The number of aromatic amines is 1. The van der Waals surface area contributed by atoms with E-state index in [1.807, 2.05) is 50.9 Å². The number of carbonyl (C=O) groups excluding carboxylic acids is 5. The molecule has 14 nitrogen and oxygen atoms in total. The maximum Gasteiger partial charge on any atom is 0.407 e. The molecule has 2 bridgehead atoms. The van der Waals surface area contributed by atoms with E-state index in [-0.39, 0.29) is 41.0 Å². The van der Waals surface area contributed by atoms with Gasteiger partial charge in [-0.2, -0.15) is 0 Å². The highest BCUT2D eigenvalue weighted by Crippen LogP contribution is 2.60.